The van der Waals surface area contributed by atoms with E-state index in [0.717, 1.165) is 18.4 Å². The molecule has 0 spiro atoms. The molecule has 5 rings (SSSR count). The maximum Gasteiger partial charge on any atom is 0.415 e. The molecule has 3 amide bonds. The number of carbonyl (C=O) groups is 3. The molecule has 1 saturated carbocycles. The van der Waals surface area contributed by atoms with E-state index >= 15 is 0 Å². The lowest BCUT2D eigenvalue weighted by molar-refractivity contribution is -0.142. The number of likely N-dealkylation sites (tertiary alicyclic amines) is 2. The molecule has 3 aliphatic rings. The minimum atomic E-state index is -0.605. The topological polar surface area (TPSA) is 70.2 Å². The molecule has 2 heterocycles. The molecular weight excluding hydrogens is 544 g/mol. The van der Waals surface area contributed by atoms with Crippen LogP contribution in [0.25, 0.3) is 0 Å². The number of ether oxygens (including phenoxy) is 1. The van der Waals surface area contributed by atoms with Crippen LogP contribution in [0, 0.1) is 17.2 Å². The van der Waals surface area contributed by atoms with Gasteiger partial charge in [0.2, 0.25) is 11.8 Å². The SMILES string of the molecule is CN(C(=O)Oc1ccc(F)cc1)[C@H]1CN(C(=O)C2CCN(C(=O)C3(C)CC3)CC2)C[C@@H]1c1ccc(Cl)c(Cl)c1. The quantitative estimate of drug-likeness (QED) is 0.465. The fraction of sp³-hybridized carbons (Fsp3) is 0.483. The smallest absolute Gasteiger partial charge is 0.410 e. The van der Waals surface area contributed by atoms with Gasteiger partial charge in [0.1, 0.15) is 11.6 Å². The van der Waals surface area contributed by atoms with E-state index in [9.17, 15) is 18.8 Å². The van der Waals surface area contributed by atoms with Crippen molar-refractivity contribution in [1.82, 2.24) is 14.7 Å². The fourth-order valence-electron chi connectivity index (χ4n) is 5.61. The Morgan fingerprint density at radius 1 is 0.974 bits per heavy atom. The third-order valence-electron chi connectivity index (χ3n) is 8.42. The Bertz CT molecular complexity index is 1260. The van der Waals surface area contributed by atoms with Gasteiger partial charge in [0.25, 0.3) is 0 Å². The summed E-state index contributed by atoms with van der Waals surface area (Å²) in [7, 11) is 1.64. The molecular formula is C29H32Cl2FN3O4. The highest BCUT2D eigenvalue weighted by molar-refractivity contribution is 6.42. The lowest BCUT2D eigenvalue weighted by Crippen LogP contribution is -2.46. The summed E-state index contributed by atoms with van der Waals surface area (Å²) in [6.07, 6.45) is 2.52. The van der Waals surface area contributed by atoms with Crippen molar-refractivity contribution in [3.8, 4) is 5.75 Å². The monoisotopic (exact) mass is 575 g/mol. The molecule has 39 heavy (non-hydrogen) atoms. The van der Waals surface area contributed by atoms with Gasteiger partial charge in [-0.3, -0.25) is 9.59 Å². The minimum absolute atomic E-state index is 0.0348. The zero-order valence-electron chi connectivity index (χ0n) is 22.0. The van der Waals surface area contributed by atoms with Crippen LogP contribution < -0.4 is 4.74 Å². The van der Waals surface area contributed by atoms with Crippen molar-refractivity contribution in [3.63, 3.8) is 0 Å². The zero-order chi connectivity index (χ0) is 27.9. The van der Waals surface area contributed by atoms with E-state index < -0.39 is 11.9 Å². The van der Waals surface area contributed by atoms with Crippen LogP contribution in [-0.4, -0.2) is 71.9 Å². The van der Waals surface area contributed by atoms with Crippen molar-refractivity contribution < 1.29 is 23.5 Å². The molecule has 3 fully saturated rings. The van der Waals surface area contributed by atoms with E-state index in [1.54, 1.807) is 19.2 Å². The summed E-state index contributed by atoms with van der Waals surface area (Å²) < 4.78 is 18.8. The molecule has 0 N–H and O–H groups in total. The van der Waals surface area contributed by atoms with E-state index in [0.29, 0.717) is 49.1 Å². The first-order chi connectivity index (χ1) is 18.6. The molecule has 0 radical (unpaired) electrons. The van der Waals surface area contributed by atoms with E-state index in [1.165, 1.54) is 29.2 Å². The Morgan fingerprint density at radius 2 is 1.64 bits per heavy atom. The summed E-state index contributed by atoms with van der Waals surface area (Å²) >= 11 is 12.5. The third-order valence-corrected chi connectivity index (χ3v) is 9.16. The first-order valence-corrected chi connectivity index (χ1v) is 14.0. The lowest BCUT2D eigenvalue weighted by atomic mass is 9.93. The van der Waals surface area contributed by atoms with Crippen LogP contribution in [0.4, 0.5) is 9.18 Å². The molecule has 2 aromatic carbocycles. The highest BCUT2D eigenvalue weighted by atomic mass is 35.5. The van der Waals surface area contributed by atoms with Gasteiger partial charge in [-0.05, 0) is 67.6 Å². The van der Waals surface area contributed by atoms with Crippen LogP contribution in [0.15, 0.2) is 42.5 Å². The van der Waals surface area contributed by atoms with Crippen LogP contribution in [-0.2, 0) is 9.59 Å². The van der Waals surface area contributed by atoms with Gasteiger partial charge in [-0.25, -0.2) is 9.18 Å². The normalized spacial score (nSPS) is 22.5. The maximum absolute atomic E-state index is 13.7. The second kappa shape index (κ2) is 11.0. The van der Waals surface area contributed by atoms with E-state index in [2.05, 4.69) is 0 Å². The van der Waals surface area contributed by atoms with Gasteiger partial charge in [-0.1, -0.05) is 36.2 Å². The largest absolute Gasteiger partial charge is 0.415 e. The number of amides is 3. The third kappa shape index (κ3) is 5.87. The van der Waals surface area contributed by atoms with Crippen LogP contribution in [0.5, 0.6) is 5.75 Å². The fourth-order valence-corrected chi connectivity index (χ4v) is 5.92. The molecule has 2 atom stereocenters. The van der Waals surface area contributed by atoms with Crippen LogP contribution in [0.2, 0.25) is 10.0 Å². The van der Waals surface area contributed by atoms with Gasteiger partial charge in [0.05, 0.1) is 16.1 Å². The molecule has 7 nitrogen and oxygen atoms in total. The Hall–Kier alpha value is -2.84. The molecule has 0 unspecified atom stereocenters. The number of carbonyl (C=O) groups excluding carboxylic acids is 3. The van der Waals surface area contributed by atoms with Gasteiger partial charge in [-0.2, -0.15) is 0 Å². The number of rotatable bonds is 5. The number of halogens is 3. The van der Waals surface area contributed by atoms with Crippen molar-refractivity contribution in [2.24, 2.45) is 11.3 Å². The summed E-state index contributed by atoms with van der Waals surface area (Å²) in [5.41, 5.74) is 0.656. The highest BCUT2D eigenvalue weighted by Crippen LogP contribution is 2.47. The average Bonchev–Trinajstić information content (AvgIpc) is 3.53. The predicted octanol–water partition coefficient (Wildman–Crippen LogP) is 5.60. The second-order valence-electron chi connectivity index (χ2n) is 11.2. The summed E-state index contributed by atoms with van der Waals surface area (Å²) in [5, 5.41) is 0.823. The molecule has 2 aromatic rings. The first kappa shape index (κ1) is 27.7. The molecule has 0 aromatic heterocycles. The molecule has 2 aliphatic heterocycles. The van der Waals surface area contributed by atoms with Gasteiger partial charge in [-0.15, -0.1) is 0 Å². The molecule has 0 bridgehead atoms. The number of piperidine rings is 1. The Kier molecular flexibility index (Phi) is 7.80. The highest BCUT2D eigenvalue weighted by Gasteiger charge is 2.48. The number of hydrogen-bond donors (Lipinski definition) is 0. The maximum atomic E-state index is 13.7. The van der Waals surface area contributed by atoms with Crippen molar-refractivity contribution in [1.29, 1.82) is 0 Å². The summed E-state index contributed by atoms with van der Waals surface area (Å²) in [5.74, 6) is -0.351. The molecule has 10 heteroatoms. The summed E-state index contributed by atoms with van der Waals surface area (Å²) in [4.78, 5) is 44.7. The Balaban J connectivity index is 1.30. The number of nitrogens with zero attached hydrogens (tertiary/aromatic N) is 3. The average molecular weight is 576 g/mol. The van der Waals surface area contributed by atoms with Crippen molar-refractivity contribution in [2.75, 3.05) is 33.2 Å². The van der Waals surface area contributed by atoms with Crippen molar-refractivity contribution >= 4 is 41.1 Å². The van der Waals surface area contributed by atoms with Gasteiger partial charge >= 0.3 is 6.09 Å². The number of hydrogen-bond acceptors (Lipinski definition) is 4. The van der Waals surface area contributed by atoms with Gasteiger partial charge < -0.3 is 19.4 Å². The van der Waals surface area contributed by atoms with Crippen LogP contribution in [0.3, 0.4) is 0 Å². The predicted molar refractivity (Wildman–Crippen MR) is 146 cm³/mol. The number of likely N-dealkylation sites (N-methyl/N-ethyl adjacent to an activating group) is 1. The van der Waals surface area contributed by atoms with Gasteiger partial charge in [0, 0.05) is 50.5 Å². The van der Waals surface area contributed by atoms with Crippen LogP contribution >= 0.6 is 23.2 Å². The number of benzene rings is 2. The molecule has 1 aliphatic carbocycles. The van der Waals surface area contributed by atoms with Crippen LogP contribution in [0.1, 0.15) is 44.1 Å². The molecule has 2 saturated heterocycles. The zero-order valence-corrected chi connectivity index (χ0v) is 23.6. The molecule has 208 valence electrons. The van der Waals surface area contributed by atoms with E-state index in [4.69, 9.17) is 27.9 Å². The Morgan fingerprint density at radius 3 is 2.26 bits per heavy atom. The summed E-state index contributed by atoms with van der Waals surface area (Å²) in [6, 6.07) is 10.2. The lowest BCUT2D eigenvalue weighted by Gasteiger charge is -2.34. The van der Waals surface area contributed by atoms with E-state index in [-0.39, 0.29) is 40.9 Å². The Labute approximate surface area is 237 Å². The van der Waals surface area contributed by atoms with E-state index in [1.807, 2.05) is 22.8 Å². The standard InChI is InChI=1S/C29H32Cl2FN3O4/c1-29(11-12-29)27(37)34-13-9-18(10-14-34)26(36)35-16-22(19-3-8-23(30)24(31)15-19)25(17-35)33(2)28(38)39-21-6-4-20(32)5-7-21/h3-8,15,18,22,25H,9-14,16-17H2,1-2H3/t22-,25+/m1/s1. The minimum Gasteiger partial charge on any atom is -0.410 e. The van der Waals surface area contributed by atoms with Gasteiger partial charge in [0.15, 0.2) is 0 Å². The van der Waals surface area contributed by atoms with Crippen molar-refractivity contribution in [3.05, 3.63) is 63.9 Å². The first-order valence-electron chi connectivity index (χ1n) is 13.3. The second-order valence-corrected chi connectivity index (χ2v) is 12.0. The summed E-state index contributed by atoms with van der Waals surface area (Å²) in [6.45, 7) is 3.92. The van der Waals surface area contributed by atoms with Crippen molar-refractivity contribution in [2.45, 2.75) is 44.6 Å².